The number of allylic oxidation sites excluding steroid dienone is 2. The molecule has 1 aliphatic carbocycles. The first-order valence-electron chi connectivity index (χ1n) is 6.07. The van der Waals surface area contributed by atoms with Gasteiger partial charge in [-0.05, 0) is 18.4 Å². The van der Waals surface area contributed by atoms with Gasteiger partial charge in [-0.15, -0.1) is 5.10 Å². The van der Waals surface area contributed by atoms with Crippen LogP contribution in [0.15, 0.2) is 24.8 Å². The highest BCUT2D eigenvalue weighted by molar-refractivity contribution is 5.95. The van der Waals surface area contributed by atoms with Gasteiger partial charge >= 0.3 is 0 Å². The van der Waals surface area contributed by atoms with E-state index < -0.39 is 6.17 Å². The van der Waals surface area contributed by atoms with E-state index in [9.17, 15) is 9.18 Å². The van der Waals surface area contributed by atoms with Crippen LogP contribution in [0, 0.1) is 5.92 Å². The van der Waals surface area contributed by atoms with Crippen molar-refractivity contribution in [2.75, 3.05) is 0 Å². The molecular weight excluding hydrogens is 233 g/mol. The average Bonchev–Trinajstić information content (AvgIpc) is 3.05. The first kappa shape index (κ1) is 11.3. The van der Waals surface area contributed by atoms with Crippen LogP contribution in [0.25, 0.3) is 0 Å². The van der Waals surface area contributed by atoms with Gasteiger partial charge in [-0.25, -0.2) is 14.1 Å². The van der Waals surface area contributed by atoms with Crippen molar-refractivity contribution in [3.8, 4) is 0 Å². The van der Waals surface area contributed by atoms with Gasteiger partial charge in [0.15, 0.2) is 12.0 Å². The molecular formula is C13H14FN3O. The van der Waals surface area contributed by atoms with E-state index in [1.54, 1.807) is 6.08 Å². The van der Waals surface area contributed by atoms with Crippen LogP contribution < -0.4 is 0 Å². The molecule has 4 nitrogen and oxygen atoms in total. The summed E-state index contributed by atoms with van der Waals surface area (Å²) in [6, 6.07) is -0.263. The molecule has 0 aromatic carbocycles. The molecule has 1 aromatic rings. The van der Waals surface area contributed by atoms with Gasteiger partial charge in [0.05, 0.1) is 6.04 Å². The minimum atomic E-state index is -1.18. The second-order valence-corrected chi connectivity index (χ2v) is 4.87. The molecule has 1 fully saturated rings. The Hall–Kier alpha value is -1.78. The Morgan fingerprint density at radius 1 is 1.50 bits per heavy atom. The summed E-state index contributed by atoms with van der Waals surface area (Å²) in [6.45, 7) is 7.46. The fourth-order valence-corrected chi connectivity index (χ4v) is 2.26. The Balaban J connectivity index is 1.95. The standard InChI is InChI=1S/C13H14FN3O/c1-3-7(2)10-6-9(14)13-15-12(16-17(10)13)11(18)8-4-5-8/h3,8-10H,1-2,4-6H2/t9-,10+/m0/s1. The molecule has 18 heavy (non-hydrogen) atoms. The number of rotatable bonds is 4. The van der Waals surface area contributed by atoms with Crippen molar-refractivity contribution in [1.82, 2.24) is 14.8 Å². The zero-order chi connectivity index (χ0) is 12.9. The van der Waals surface area contributed by atoms with Crippen LogP contribution >= 0.6 is 0 Å². The Kier molecular flexibility index (Phi) is 2.43. The van der Waals surface area contributed by atoms with E-state index in [0.717, 1.165) is 12.8 Å². The smallest absolute Gasteiger partial charge is 0.217 e. The van der Waals surface area contributed by atoms with E-state index >= 15 is 0 Å². The van der Waals surface area contributed by atoms with Gasteiger partial charge in [0.2, 0.25) is 11.6 Å². The number of ketones is 1. The van der Waals surface area contributed by atoms with Crippen molar-refractivity contribution in [1.29, 1.82) is 0 Å². The van der Waals surface area contributed by atoms with E-state index in [0.29, 0.717) is 5.57 Å². The predicted molar refractivity (Wildman–Crippen MR) is 63.9 cm³/mol. The fraction of sp³-hybridized carbons (Fsp3) is 0.462. The van der Waals surface area contributed by atoms with Gasteiger partial charge < -0.3 is 0 Å². The second-order valence-electron chi connectivity index (χ2n) is 4.87. The molecule has 94 valence electrons. The van der Waals surface area contributed by atoms with E-state index in [2.05, 4.69) is 23.2 Å². The summed E-state index contributed by atoms with van der Waals surface area (Å²) >= 11 is 0. The molecule has 5 heteroatoms. The van der Waals surface area contributed by atoms with Crippen LogP contribution in [0.2, 0.25) is 0 Å². The van der Waals surface area contributed by atoms with E-state index in [-0.39, 0.29) is 35.8 Å². The van der Waals surface area contributed by atoms with Gasteiger partial charge in [-0.2, -0.15) is 0 Å². The number of nitrogens with zero attached hydrogens (tertiary/aromatic N) is 3. The Labute approximate surface area is 104 Å². The number of halogens is 1. The molecule has 0 radical (unpaired) electrons. The van der Waals surface area contributed by atoms with Crippen molar-refractivity contribution in [2.45, 2.75) is 31.5 Å². The second kappa shape index (κ2) is 3.86. The summed E-state index contributed by atoms with van der Waals surface area (Å²) in [5, 5.41) is 4.16. The summed E-state index contributed by atoms with van der Waals surface area (Å²) in [6.07, 6.45) is 2.48. The maximum atomic E-state index is 13.8. The zero-order valence-corrected chi connectivity index (χ0v) is 9.97. The minimum absolute atomic E-state index is 0.0484. The van der Waals surface area contributed by atoms with Crippen LogP contribution in [0.1, 0.15) is 47.9 Å². The molecule has 0 amide bonds. The first-order chi connectivity index (χ1) is 8.61. The quantitative estimate of drug-likeness (QED) is 0.607. The predicted octanol–water partition coefficient (Wildman–Crippen LogP) is 2.57. The molecule has 0 bridgehead atoms. The normalized spacial score (nSPS) is 25.8. The largest absolute Gasteiger partial charge is 0.290 e. The Morgan fingerprint density at radius 2 is 2.22 bits per heavy atom. The molecule has 0 unspecified atom stereocenters. The molecule has 0 spiro atoms. The van der Waals surface area contributed by atoms with Crippen LogP contribution in [0.5, 0.6) is 0 Å². The molecule has 1 saturated carbocycles. The summed E-state index contributed by atoms with van der Waals surface area (Å²) in [7, 11) is 0. The van der Waals surface area contributed by atoms with Crippen molar-refractivity contribution in [3.05, 3.63) is 36.5 Å². The number of alkyl halides is 1. The number of hydrogen-bond donors (Lipinski definition) is 0. The number of carbonyl (C=O) groups is 1. The number of fused-ring (bicyclic) bond motifs is 1. The summed E-state index contributed by atoms with van der Waals surface area (Å²) in [5.74, 6) is 0.378. The van der Waals surface area contributed by atoms with Crippen LogP contribution in [0.4, 0.5) is 4.39 Å². The molecule has 2 aliphatic rings. The lowest BCUT2D eigenvalue weighted by Crippen LogP contribution is -2.10. The lowest BCUT2D eigenvalue weighted by atomic mass is 10.1. The summed E-state index contributed by atoms with van der Waals surface area (Å²) in [4.78, 5) is 15.9. The number of carbonyl (C=O) groups excluding carboxylic acids is 1. The maximum Gasteiger partial charge on any atom is 0.217 e. The third-order valence-electron chi connectivity index (χ3n) is 3.52. The average molecular weight is 247 g/mol. The summed E-state index contributed by atoms with van der Waals surface area (Å²) in [5.41, 5.74) is 0.701. The van der Waals surface area contributed by atoms with Gasteiger partial charge in [-0.3, -0.25) is 4.79 Å². The third-order valence-corrected chi connectivity index (χ3v) is 3.52. The first-order valence-corrected chi connectivity index (χ1v) is 6.07. The number of hydrogen-bond acceptors (Lipinski definition) is 3. The zero-order valence-electron chi connectivity index (χ0n) is 9.97. The highest BCUT2D eigenvalue weighted by Gasteiger charge is 2.39. The van der Waals surface area contributed by atoms with E-state index in [4.69, 9.17) is 0 Å². The van der Waals surface area contributed by atoms with Crippen LogP contribution in [-0.4, -0.2) is 20.5 Å². The molecule has 1 aromatic heterocycles. The lowest BCUT2D eigenvalue weighted by molar-refractivity contribution is 0.0956. The topological polar surface area (TPSA) is 47.8 Å². The third kappa shape index (κ3) is 1.62. The monoisotopic (exact) mass is 247 g/mol. The van der Waals surface area contributed by atoms with Crippen LogP contribution in [-0.2, 0) is 0 Å². The molecule has 2 heterocycles. The van der Waals surface area contributed by atoms with Gasteiger partial charge in [-0.1, -0.05) is 19.2 Å². The van der Waals surface area contributed by atoms with Gasteiger partial charge in [0, 0.05) is 12.3 Å². The van der Waals surface area contributed by atoms with Crippen molar-refractivity contribution < 1.29 is 9.18 Å². The SMILES string of the molecule is C=CC(=C)[C@H]1C[C@H](F)c2nc(C(=O)C3CC3)nn21. The number of aromatic nitrogens is 3. The highest BCUT2D eigenvalue weighted by atomic mass is 19.1. The molecule has 2 atom stereocenters. The fourth-order valence-electron chi connectivity index (χ4n) is 2.26. The lowest BCUT2D eigenvalue weighted by Gasteiger charge is -2.10. The van der Waals surface area contributed by atoms with Crippen molar-refractivity contribution in [3.63, 3.8) is 0 Å². The molecule has 0 saturated heterocycles. The van der Waals surface area contributed by atoms with Gasteiger partial charge in [0.1, 0.15) is 0 Å². The Morgan fingerprint density at radius 3 is 2.83 bits per heavy atom. The molecule has 1 aliphatic heterocycles. The number of Topliss-reactive ketones (excluding diaryl/α,β-unsaturated/α-hetero) is 1. The van der Waals surface area contributed by atoms with E-state index in [1.807, 2.05) is 0 Å². The summed E-state index contributed by atoms with van der Waals surface area (Å²) < 4.78 is 15.3. The Bertz CT molecular complexity index is 544. The van der Waals surface area contributed by atoms with Crippen LogP contribution in [0.3, 0.4) is 0 Å². The van der Waals surface area contributed by atoms with E-state index in [1.165, 1.54) is 4.68 Å². The minimum Gasteiger partial charge on any atom is -0.290 e. The molecule has 3 rings (SSSR count). The van der Waals surface area contributed by atoms with Gasteiger partial charge in [0.25, 0.3) is 0 Å². The van der Waals surface area contributed by atoms with Crippen molar-refractivity contribution in [2.24, 2.45) is 5.92 Å². The highest BCUT2D eigenvalue weighted by Crippen LogP contribution is 2.40. The maximum absolute atomic E-state index is 13.8. The molecule has 0 N–H and O–H groups in total. The van der Waals surface area contributed by atoms with Crippen molar-refractivity contribution >= 4 is 5.78 Å².